The van der Waals surface area contributed by atoms with Gasteiger partial charge in [-0.05, 0) is 38.4 Å². The van der Waals surface area contributed by atoms with Crippen molar-refractivity contribution in [2.75, 3.05) is 19.7 Å². The Bertz CT molecular complexity index is 547. The lowest BCUT2D eigenvalue weighted by molar-refractivity contribution is 0.0425. The predicted octanol–water partition coefficient (Wildman–Crippen LogP) is 2.33. The summed E-state index contributed by atoms with van der Waals surface area (Å²) in [5.41, 5.74) is 0.277. The SMILES string of the molecule is CC(=O)c1cc(F)cc(CN2CCCC(C)(CO)C2)c1O. The fraction of sp³-hybridized carbons (Fsp3) is 0.562. The van der Waals surface area contributed by atoms with Gasteiger partial charge in [-0.15, -0.1) is 0 Å². The van der Waals surface area contributed by atoms with Gasteiger partial charge in [-0.1, -0.05) is 6.92 Å². The Kier molecular flexibility index (Phi) is 4.64. The Morgan fingerprint density at radius 3 is 2.81 bits per heavy atom. The van der Waals surface area contributed by atoms with E-state index in [1.807, 2.05) is 6.92 Å². The third-order valence-corrected chi connectivity index (χ3v) is 4.17. The average molecular weight is 295 g/mol. The molecule has 21 heavy (non-hydrogen) atoms. The molecule has 0 spiro atoms. The van der Waals surface area contributed by atoms with Crippen LogP contribution in [0.15, 0.2) is 12.1 Å². The van der Waals surface area contributed by atoms with Gasteiger partial charge in [0.1, 0.15) is 11.6 Å². The van der Waals surface area contributed by atoms with Crippen molar-refractivity contribution in [3.8, 4) is 5.75 Å². The fourth-order valence-corrected chi connectivity index (χ4v) is 2.98. The molecule has 1 aromatic rings. The van der Waals surface area contributed by atoms with Crippen molar-refractivity contribution in [2.45, 2.75) is 33.2 Å². The molecule has 0 aliphatic carbocycles. The molecule has 0 radical (unpaired) electrons. The number of benzene rings is 1. The summed E-state index contributed by atoms with van der Waals surface area (Å²) in [6.07, 6.45) is 1.90. The summed E-state index contributed by atoms with van der Waals surface area (Å²) in [6, 6.07) is 2.34. The van der Waals surface area contributed by atoms with Crippen molar-refractivity contribution in [1.82, 2.24) is 4.90 Å². The minimum atomic E-state index is -0.519. The van der Waals surface area contributed by atoms with E-state index in [0.717, 1.165) is 25.5 Å². The van der Waals surface area contributed by atoms with Crippen LogP contribution in [0.5, 0.6) is 5.75 Å². The topological polar surface area (TPSA) is 60.8 Å². The number of carbonyl (C=O) groups is 1. The van der Waals surface area contributed by atoms with E-state index in [1.54, 1.807) is 0 Å². The molecule has 5 heteroatoms. The predicted molar refractivity (Wildman–Crippen MR) is 77.8 cm³/mol. The first-order valence-electron chi connectivity index (χ1n) is 7.20. The lowest BCUT2D eigenvalue weighted by Crippen LogP contribution is -2.43. The number of likely N-dealkylation sites (tertiary alicyclic amines) is 1. The quantitative estimate of drug-likeness (QED) is 0.837. The molecule has 116 valence electrons. The fourth-order valence-electron chi connectivity index (χ4n) is 2.98. The number of rotatable bonds is 4. The van der Waals surface area contributed by atoms with Crippen molar-refractivity contribution in [1.29, 1.82) is 0 Å². The molecule has 0 saturated carbocycles. The molecule has 1 fully saturated rings. The molecule has 4 nitrogen and oxygen atoms in total. The molecule has 1 unspecified atom stereocenters. The second kappa shape index (κ2) is 6.12. The Labute approximate surface area is 124 Å². The maximum absolute atomic E-state index is 13.6. The van der Waals surface area contributed by atoms with Crippen LogP contribution >= 0.6 is 0 Å². The van der Waals surface area contributed by atoms with Gasteiger partial charge in [0.25, 0.3) is 0 Å². The van der Waals surface area contributed by atoms with E-state index in [2.05, 4.69) is 4.90 Å². The number of hydrogen-bond acceptors (Lipinski definition) is 4. The summed E-state index contributed by atoms with van der Waals surface area (Å²) in [7, 11) is 0. The van der Waals surface area contributed by atoms with Crippen LogP contribution < -0.4 is 0 Å². The first kappa shape index (κ1) is 15.9. The summed E-state index contributed by atoms with van der Waals surface area (Å²) in [5, 5.41) is 19.6. The van der Waals surface area contributed by atoms with E-state index >= 15 is 0 Å². The van der Waals surface area contributed by atoms with Gasteiger partial charge in [-0.25, -0.2) is 4.39 Å². The molecule has 0 bridgehead atoms. The standard InChI is InChI=1S/C16H22FNO3/c1-11(20)14-7-13(17)6-12(15(14)21)8-18-5-3-4-16(2,9-18)10-19/h6-7,19,21H,3-5,8-10H2,1-2H3. The molecule has 1 heterocycles. The number of nitrogens with zero attached hydrogens (tertiary/aromatic N) is 1. The van der Waals surface area contributed by atoms with Crippen LogP contribution in [-0.2, 0) is 6.54 Å². The number of phenolic OH excluding ortho intramolecular Hbond substituents is 1. The normalized spacial score (nSPS) is 23.2. The summed E-state index contributed by atoms with van der Waals surface area (Å²) >= 11 is 0. The van der Waals surface area contributed by atoms with Gasteiger partial charge in [0, 0.05) is 30.7 Å². The summed E-state index contributed by atoms with van der Waals surface area (Å²) in [6.45, 7) is 5.33. The van der Waals surface area contributed by atoms with Gasteiger partial charge >= 0.3 is 0 Å². The van der Waals surface area contributed by atoms with Crippen molar-refractivity contribution < 1.29 is 19.4 Å². The highest BCUT2D eigenvalue weighted by atomic mass is 19.1. The number of aliphatic hydroxyl groups is 1. The van der Waals surface area contributed by atoms with Gasteiger partial charge in [-0.2, -0.15) is 0 Å². The van der Waals surface area contributed by atoms with Crippen LogP contribution in [0.4, 0.5) is 4.39 Å². The van der Waals surface area contributed by atoms with Crippen LogP contribution in [0.25, 0.3) is 0 Å². The number of aliphatic hydroxyl groups excluding tert-OH is 1. The molecule has 0 amide bonds. The summed E-state index contributed by atoms with van der Waals surface area (Å²) in [4.78, 5) is 13.5. The van der Waals surface area contributed by atoms with Crippen LogP contribution in [0.1, 0.15) is 42.6 Å². The third-order valence-electron chi connectivity index (χ3n) is 4.17. The summed E-state index contributed by atoms with van der Waals surface area (Å²) < 4.78 is 13.6. The highest BCUT2D eigenvalue weighted by Gasteiger charge is 2.30. The Balaban J connectivity index is 2.21. The highest BCUT2D eigenvalue weighted by molar-refractivity contribution is 5.97. The molecule has 1 aliphatic heterocycles. The number of ketones is 1. The Morgan fingerprint density at radius 2 is 2.19 bits per heavy atom. The maximum Gasteiger partial charge on any atom is 0.163 e. The molecule has 2 rings (SSSR count). The molecule has 1 atom stereocenters. The first-order chi connectivity index (χ1) is 9.84. The Morgan fingerprint density at radius 1 is 1.48 bits per heavy atom. The largest absolute Gasteiger partial charge is 0.507 e. The van der Waals surface area contributed by atoms with Gasteiger partial charge in [-0.3, -0.25) is 9.69 Å². The van der Waals surface area contributed by atoms with Gasteiger partial charge < -0.3 is 10.2 Å². The molecule has 0 aromatic heterocycles. The average Bonchev–Trinajstić information content (AvgIpc) is 2.42. The van der Waals surface area contributed by atoms with Gasteiger partial charge in [0.05, 0.1) is 5.56 Å². The van der Waals surface area contributed by atoms with E-state index in [9.17, 15) is 19.4 Å². The van der Waals surface area contributed by atoms with Crippen molar-refractivity contribution in [3.05, 3.63) is 29.1 Å². The van der Waals surface area contributed by atoms with Crippen LogP contribution in [0.2, 0.25) is 0 Å². The number of halogens is 1. The number of aromatic hydroxyl groups is 1. The molecular weight excluding hydrogens is 273 g/mol. The number of hydrogen-bond donors (Lipinski definition) is 2. The highest BCUT2D eigenvalue weighted by Crippen LogP contribution is 2.32. The zero-order valence-electron chi connectivity index (χ0n) is 12.5. The second-order valence-electron chi connectivity index (χ2n) is 6.30. The van der Waals surface area contributed by atoms with E-state index in [0.29, 0.717) is 18.7 Å². The number of piperidine rings is 1. The van der Waals surface area contributed by atoms with Crippen LogP contribution in [0.3, 0.4) is 0 Å². The van der Waals surface area contributed by atoms with Crippen molar-refractivity contribution in [3.63, 3.8) is 0 Å². The van der Waals surface area contributed by atoms with Gasteiger partial charge in [0.2, 0.25) is 0 Å². The number of phenols is 1. The smallest absolute Gasteiger partial charge is 0.163 e. The van der Waals surface area contributed by atoms with E-state index in [1.165, 1.54) is 13.0 Å². The van der Waals surface area contributed by atoms with E-state index in [-0.39, 0.29) is 29.1 Å². The molecule has 1 saturated heterocycles. The summed E-state index contributed by atoms with van der Waals surface area (Å²) in [5.74, 6) is -1.01. The monoisotopic (exact) mass is 295 g/mol. The zero-order valence-corrected chi connectivity index (χ0v) is 12.5. The van der Waals surface area contributed by atoms with Crippen molar-refractivity contribution in [2.24, 2.45) is 5.41 Å². The molecule has 1 aromatic carbocycles. The number of carbonyl (C=O) groups excluding carboxylic acids is 1. The van der Waals surface area contributed by atoms with E-state index in [4.69, 9.17) is 0 Å². The van der Waals surface area contributed by atoms with E-state index < -0.39 is 5.82 Å². The lowest BCUT2D eigenvalue weighted by atomic mass is 9.82. The minimum absolute atomic E-state index is 0.0203. The second-order valence-corrected chi connectivity index (χ2v) is 6.30. The lowest BCUT2D eigenvalue weighted by Gasteiger charge is -2.39. The Hall–Kier alpha value is -1.46. The van der Waals surface area contributed by atoms with Crippen LogP contribution in [0, 0.1) is 11.2 Å². The molecule has 2 N–H and O–H groups in total. The maximum atomic E-state index is 13.6. The third kappa shape index (κ3) is 3.60. The number of Topliss-reactive ketones (excluding diaryl/α,β-unsaturated/α-hetero) is 1. The zero-order chi connectivity index (χ0) is 15.6. The van der Waals surface area contributed by atoms with Gasteiger partial charge in [0.15, 0.2) is 5.78 Å². The minimum Gasteiger partial charge on any atom is -0.507 e. The van der Waals surface area contributed by atoms with Crippen LogP contribution in [-0.4, -0.2) is 40.6 Å². The molecule has 1 aliphatic rings. The molecular formula is C16H22FNO3. The van der Waals surface area contributed by atoms with Crippen molar-refractivity contribution >= 4 is 5.78 Å². The first-order valence-corrected chi connectivity index (χ1v) is 7.20.